The molecular weight excluding hydrogens is 350 g/mol. The number of hydrogen-bond donors (Lipinski definition) is 0. The molecule has 0 unspecified atom stereocenters. The predicted octanol–water partition coefficient (Wildman–Crippen LogP) is 4.08. The van der Waals surface area contributed by atoms with E-state index in [9.17, 15) is 9.59 Å². The largest absolute Gasteiger partial charge is 0.342 e. The highest BCUT2D eigenvalue weighted by Gasteiger charge is 2.30. The van der Waals surface area contributed by atoms with E-state index in [1.165, 1.54) is 5.56 Å². The number of hydrogen-bond acceptors (Lipinski definition) is 4. The van der Waals surface area contributed by atoms with Crippen molar-refractivity contribution >= 4 is 11.7 Å². The van der Waals surface area contributed by atoms with Crippen LogP contribution in [0.5, 0.6) is 0 Å². The van der Waals surface area contributed by atoms with Crippen LogP contribution in [0.1, 0.15) is 56.1 Å². The van der Waals surface area contributed by atoms with Crippen LogP contribution in [0.25, 0.3) is 11.1 Å². The molecule has 0 spiro atoms. The number of nitrogens with zero attached hydrogens (tertiary/aromatic N) is 3. The molecule has 2 heterocycles. The van der Waals surface area contributed by atoms with Gasteiger partial charge in [0.25, 0.3) is 0 Å². The van der Waals surface area contributed by atoms with Gasteiger partial charge in [0.2, 0.25) is 5.91 Å². The van der Waals surface area contributed by atoms with Gasteiger partial charge in [-0.2, -0.15) is 0 Å². The SMILES string of the molecule is CC(=O)C[C@@H](C)C(=O)N1CCC[C@@H](c2nc(C)ncc2-c2cccc(C)c2)C1. The Kier molecular flexibility index (Phi) is 6.22. The smallest absolute Gasteiger partial charge is 0.225 e. The van der Waals surface area contributed by atoms with Crippen molar-refractivity contribution in [3.8, 4) is 11.1 Å². The van der Waals surface area contributed by atoms with Crippen molar-refractivity contribution in [3.05, 3.63) is 47.5 Å². The monoisotopic (exact) mass is 379 g/mol. The molecule has 0 N–H and O–H groups in total. The van der Waals surface area contributed by atoms with Gasteiger partial charge in [0.1, 0.15) is 11.6 Å². The molecule has 0 radical (unpaired) electrons. The minimum absolute atomic E-state index is 0.0579. The average Bonchev–Trinajstić information content (AvgIpc) is 2.67. The number of carbonyl (C=O) groups excluding carboxylic acids is 2. The summed E-state index contributed by atoms with van der Waals surface area (Å²) in [7, 11) is 0. The Hall–Kier alpha value is -2.56. The molecular formula is C23H29N3O2. The van der Waals surface area contributed by atoms with Crippen LogP contribution in [0, 0.1) is 19.8 Å². The molecule has 3 rings (SSSR count). The minimum Gasteiger partial charge on any atom is -0.342 e. The average molecular weight is 380 g/mol. The number of carbonyl (C=O) groups is 2. The number of Topliss-reactive ketones (excluding diaryl/α,β-unsaturated/α-hetero) is 1. The number of aromatic nitrogens is 2. The molecule has 0 aliphatic carbocycles. The summed E-state index contributed by atoms with van der Waals surface area (Å²) in [4.78, 5) is 35.4. The third kappa shape index (κ3) is 4.64. The highest BCUT2D eigenvalue weighted by atomic mass is 16.2. The molecule has 1 aromatic heterocycles. The summed E-state index contributed by atoms with van der Waals surface area (Å²) in [6.07, 6.45) is 4.16. The standard InChI is InChI=1S/C23H29N3O2/c1-15-7-5-8-19(11-15)21-13-24-18(4)25-22(21)20-9-6-10-26(14-20)23(28)16(2)12-17(3)27/h5,7-8,11,13,16,20H,6,9-10,12,14H2,1-4H3/t16-,20-/m1/s1. The minimum atomic E-state index is -0.264. The second-order valence-corrected chi connectivity index (χ2v) is 8.02. The van der Waals surface area contributed by atoms with Gasteiger partial charge in [-0.15, -0.1) is 0 Å². The van der Waals surface area contributed by atoms with Crippen LogP contribution in [-0.4, -0.2) is 39.6 Å². The van der Waals surface area contributed by atoms with Crippen molar-refractivity contribution < 1.29 is 9.59 Å². The molecule has 1 aliphatic heterocycles. The van der Waals surface area contributed by atoms with E-state index in [2.05, 4.69) is 36.2 Å². The van der Waals surface area contributed by atoms with Gasteiger partial charge >= 0.3 is 0 Å². The summed E-state index contributed by atoms with van der Waals surface area (Å²) in [6.45, 7) is 8.78. The molecule has 0 bridgehead atoms. The summed E-state index contributed by atoms with van der Waals surface area (Å²) >= 11 is 0. The second-order valence-electron chi connectivity index (χ2n) is 8.02. The van der Waals surface area contributed by atoms with Crippen LogP contribution < -0.4 is 0 Å². The molecule has 28 heavy (non-hydrogen) atoms. The number of rotatable bonds is 5. The summed E-state index contributed by atoms with van der Waals surface area (Å²) in [5.41, 5.74) is 4.38. The maximum Gasteiger partial charge on any atom is 0.225 e. The number of amides is 1. The van der Waals surface area contributed by atoms with Crippen LogP contribution in [0.4, 0.5) is 0 Å². The fourth-order valence-electron chi connectivity index (χ4n) is 4.06. The van der Waals surface area contributed by atoms with Crippen LogP contribution in [0.15, 0.2) is 30.5 Å². The van der Waals surface area contributed by atoms with Crippen molar-refractivity contribution in [1.82, 2.24) is 14.9 Å². The molecule has 1 amide bonds. The molecule has 0 saturated carbocycles. The second kappa shape index (κ2) is 8.63. The van der Waals surface area contributed by atoms with E-state index in [1.807, 2.05) is 24.9 Å². The number of benzene rings is 1. The van der Waals surface area contributed by atoms with Crippen LogP contribution >= 0.6 is 0 Å². The lowest BCUT2D eigenvalue weighted by Crippen LogP contribution is -2.42. The Balaban J connectivity index is 1.88. The summed E-state index contributed by atoms with van der Waals surface area (Å²) in [5, 5.41) is 0. The number of likely N-dealkylation sites (tertiary alicyclic amines) is 1. The molecule has 148 valence electrons. The van der Waals surface area contributed by atoms with E-state index in [4.69, 9.17) is 4.98 Å². The number of aryl methyl sites for hydroxylation is 2. The summed E-state index contributed by atoms with van der Waals surface area (Å²) in [5.74, 6) is 0.796. The lowest BCUT2D eigenvalue weighted by Gasteiger charge is -2.34. The van der Waals surface area contributed by atoms with Gasteiger partial charge in [-0.1, -0.05) is 36.8 Å². The Morgan fingerprint density at radius 1 is 1.29 bits per heavy atom. The maximum atomic E-state index is 12.8. The molecule has 1 aliphatic rings. The Morgan fingerprint density at radius 3 is 2.79 bits per heavy atom. The zero-order valence-corrected chi connectivity index (χ0v) is 17.2. The normalized spacial score (nSPS) is 18.0. The van der Waals surface area contributed by atoms with Gasteiger partial charge in [-0.05, 0) is 39.2 Å². The van der Waals surface area contributed by atoms with Gasteiger partial charge < -0.3 is 9.69 Å². The van der Waals surface area contributed by atoms with E-state index >= 15 is 0 Å². The van der Waals surface area contributed by atoms with Gasteiger partial charge in [-0.25, -0.2) is 9.97 Å². The molecule has 2 aromatic rings. The zero-order valence-electron chi connectivity index (χ0n) is 17.2. The van der Waals surface area contributed by atoms with Crippen molar-refractivity contribution in [2.24, 2.45) is 5.92 Å². The lowest BCUT2D eigenvalue weighted by atomic mass is 9.89. The molecule has 5 heteroatoms. The molecule has 2 atom stereocenters. The van der Waals surface area contributed by atoms with E-state index in [0.29, 0.717) is 13.0 Å². The zero-order chi connectivity index (χ0) is 20.3. The third-order valence-corrected chi connectivity index (χ3v) is 5.40. The van der Waals surface area contributed by atoms with Crippen molar-refractivity contribution in [3.63, 3.8) is 0 Å². The first-order valence-electron chi connectivity index (χ1n) is 10.0. The predicted molar refractivity (Wildman–Crippen MR) is 110 cm³/mol. The van der Waals surface area contributed by atoms with Gasteiger partial charge in [0, 0.05) is 43.1 Å². The Labute approximate surface area is 167 Å². The molecule has 1 saturated heterocycles. The first kappa shape index (κ1) is 20.2. The summed E-state index contributed by atoms with van der Waals surface area (Å²) in [6, 6.07) is 8.37. The highest BCUT2D eigenvalue weighted by molar-refractivity contribution is 5.85. The van der Waals surface area contributed by atoms with Crippen LogP contribution in [0.3, 0.4) is 0 Å². The Bertz CT molecular complexity index is 878. The van der Waals surface area contributed by atoms with E-state index in [1.54, 1.807) is 6.92 Å². The van der Waals surface area contributed by atoms with Gasteiger partial charge in [0.15, 0.2) is 0 Å². The number of piperidine rings is 1. The molecule has 5 nitrogen and oxygen atoms in total. The quantitative estimate of drug-likeness (QED) is 0.785. The molecule has 1 fully saturated rings. The van der Waals surface area contributed by atoms with E-state index in [0.717, 1.165) is 42.0 Å². The Morgan fingerprint density at radius 2 is 2.07 bits per heavy atom. The van der Waals surface area contributed by atoms with E-state index in [-0.39, 0.29) is 23.5 Å². The molecule has 1 aromatic carbocycles. The van der Waals surface area contributed by atoms with Crippen molar-refractivity contribution in [2.45, 2.75) is 52.9 Å². The lowest BCUT2D eigenvalue weighted by molar-refractivity contribution is -0.138. The van der Waals surface area contributed by atoms with Crippen molar-refractivity contribution in [2.75, 3.05) is 13.1 Å². The first-order valence-corrected chi connectivity index (χ1v) is 10.0. The number of ketones is 1. The summed E-state index contributed by atoms with van der Waals surface area (Å²) < 4.78 is 0. The topological polar surface area (TPSA) is 63.2 Å². The van der Waals surface area contributed by atoms with Gasteiger partial charge in [0.05, 0.1) is 5.69 Å². The third-order valence-electron chi connectivity index (χ3n) is 5.40. The van der Waals surface area contributed by atoms with Gasteiger partial charge in [-0.3, -0.25) is 4.79 Å². The van der Waals surface area contributed by atoms with Crippen molar-refractivity contribution in [1.29, 1.82) is 0 Å². The fraction of sp³-hybridized carbons (Fsp3) is 0.478. The van der Waals surface area contributed by atoms with Crippen LogP contribution in [-0.2, 0) is 9.59 Å². The van der Waals surface area contributed by atoms with Crippen LogP contribution in [0.2, 0.25) is 0 Å². The van der Waals surface area contributed by atoms with E-state index < -0.39 is 0 Å². The fourth-order valence-corrected chi connectivity index (χ4v) is 4.06. The first-order chi connectivity index (χ1) is 13.3. The maximum absolute atomic E-state index is 12.8. The highest BCUT2D eigenvalue weighted by Crippen LogP contribution is 2.33.